The van der Waals surface area contributed by atoms with E-state index in [1.165, 1.54) is 62.6 Å². The molecule has 0 fully saturated rings. The van der Waals surface area contributed by atoms with Crippen molar-refractivity contribution in [2.45, 2.75) is 19.3 Å². The predicted molar refractivity (Wildman–Crippen MR) is 266 cm³/mol. The molecule has 63 heavy (non-hydrogen) atoms. The molecule has 0 spiro atoms. The van der Waals surface area contributed by atoms with Gasteiger partial charge < -0.3 is 19.3 Å². The summed E-state index contributed by atoms with van der Waals surface area (Å²) in [5.41, 5.74) is 10.8. The van der Waals surface area contributed by atoms with Crippen LogP contribution in [-0.2, 0) is 5.41 Å². The lowest BCUT2D eigenvalue weighted by atomic mass is 9.82. The number of thiophene rings is 2. The maximum atomic E-state index is 7.05. The SMILES string of the molecule is CC1(C)c2ccccc2-c2cc3c(cc21)Oc1cc(N(c2ccccc2)c2ccc4sc5ccccc5c4c2)c(N(c2ccccc2)c2ccc4sc5ccccc5c4c2)cc1O3. The van der Waals surface area contributed by atoms with E-state index < -0.39 is 0 Å². The van der Waals surface area contributed by atoms with Crippen molar-refractivity contribution in [3.8, 4) is 34.1 Å². The normalized spacial score (nSPS) is 13.3. The third kappa shape index (κ3) is 5.65. The largest absolute Gasteiger partial charge is 0.449 e. The zero-order chi connectivity index (χ0) is 41.8. The lowest BCUT2D eigenvalue weighted by Gasteiger charge is -2.35. The van der Waals surface area contributed by atoms with E-state index in [0.29, 0.717) is 23.0 Å². The van der Waals surface area contributed by atoms with Crippen LogP contribution in [0.1, 0.15) is 25.0 Å². The maximum Gasteiger partial charge on any atom is 0.172 e. The van der Waals surface area contributed by atoms with E-state index in [1.807, 2.05) is 22.7 Å². The summed E-state index contributed by atoms with van der Waals surface area (Å²) in [5, 5.41) is 4.97. The summed E-state index contributed by atoms with van der Waals surface area (Å²) < 4.78 is 19.2. The molecule has 0 unspecified atom stereocenters. The summed E-state index contributed by atoms with van der Waals surface area (Å²) in [6, 6.07) is 69.9. The van der Waals surface area contributed by atoms with Crippen LogP contribution < -0.4 is 19.3 Å². The lowest BCUT2D eigenvalue weighted by Crippen LogP contribution is -2.18. The van der Waals surface area contributed by atoms with Crippen molar-refractivity contribution in [1.82, 2.24) is 0 Å². The van der Waals surface area contributed by atoms with E-state index in [2.05, 4.69) is 218 Å². The second kappa shape index (κ2) is 13.8. The van der Waals surface area contributed by atoms with Gasteiger partial charge in [0.2, 0.25) is 0 Å². The van der Waals surface area contributed by atoms with E-state index in [9.17, 15) is 0 Å². The Morgan fingerprint density at radius 2 is 0.794 bits per heavy atom. The predicted octanol–water partition coefficient (Wildman–Crippen LogP) is 17.6. The smallest absolute Gasteiger partial charge is 0.172 e. The highest BCUT2D eigenvalue weighted by molar-refractivity contribution is 7.26. The van der Waals surface area contributed by atoms with Crippen LogP contribution in [0.15, 0.2) is 194 Å². The van der Waals surface area contributed by atoms with E-state index in [0.717, 1.165) is 34.1 Å². The highest BCUT2D eigenvalue weighted by atomic mass is 32.1. The molecule has 0 amide bonds. The molecular formula is C57H38N2O2S2. The fraction of sp³-hybridized carbons (Fsp3) is 0.0526. The quantitative estimate of drug-likeness (QED) is 0.166. The summed E-state index contributed by atoms with van der Waals surface area (Å²) >= 11 is 3.66. The van der Waals surface area contributed by atoms with Crippen molar-refractivity contribution in [2.75, 3.05) is 9.80 Å². The van der Waals surface area contributed by atoms with E-state index in [-0.39, 0.29) is 5.41 Å². The van der Waals surface area contributed by atoms with Gasteiger partial charge in [0, 0.05) is 80.6 Å². The minimum Gasteiger partial charge on any atom is -0.449 e. The standard InChI is InChI=1S/C57H38N2O2S2/c1-57(2)45-22-12-9-19-39(45)42-31-49-50(32-46(42)57)61-52-34-48(59(36-17-7-4-8-18-36)38-26-28-56-44(30-38)41-21-11-14-24-54(41)63-56)47(33-51(52)60-49)58(35-15-5-3-6-16-35)37-25-27-55-43(29-37)40-20-10-13-23-53(40)62-55/h3-34H,1-2H3. The zero-order valence-corrected chi connectivity index (χ0v) is 36.1. The fourth-order valence-corrected chi connectivity index (χ4v) is 12.0. The van der Waals surface area contributed by atoms with Crippen LogP contribution in [0.3, 0.4) is 0 Å². The lowest BCUT2D eigenvalue weighted by molar-refractivity contribution is 0.359. The zero-order valence-electron chi connectivity index (χ0n) is 34.5. The van der Waals surface area contributed by atoms with Crippen LogP contribution in [0.4, 0.5) is 34.1 Å². The molecule has 2 aromatic heterocycles. The first kappa shape index (κ1) is 36.3. The van der Waals surface area contributed by atoms with Crippen LogP contribution in [-0.4, -0.2) is 0 Å². The second-order valence-corrected chi connectivity index (χ2v) is 19.1. The van der Waals surface area contributed by atoms with Crippen molar-refractivity contribution in [3.63, 3.8) is 0 Å². The molecule has 6 heteroatoms. The summed E-state index contributed by atoms with van der Waals surface area (Å²) in [6.45, 7) is 4.59. The Labute approximate surface area is 373 Å². The Balaban J connectivity index is 1.07. The average Bonchev–Trinajstić information content (AvgIpc) is 3.96. The minimum atomic E-state index is -0.181. The molecule has 13 rings (SSSR count). The number of hydrogen-bond acceptors (Lipinski definition) is 6. The molecule has 0 atom stereocenters. The van der Waals surface area contributed by atoms with Crippen molar-refractivity contribution >= 4 is 97.1 Å². The molecule has 0 saturated heterocycles. The number of para-hydroxylation sites is 2. The molecule has 2 aliphatic rings. The molecule has 0 N–H and O–H groups in total. The van der Waals surface area contributed by atoms with Crippen molar-refractivity contribution in [2.24, 2.45) is 0 Å². The molecule has 0 saturated carbocycles. The van der Waals surface area contributed by atoms with Crippen molar-refractivity contribution in [3.05, 3.63) is 205 Å². The molecule has 1 aliphatic heterocycles. The van der Waals surface area contributed by atoms with Gasteiger partial charge in [0.05, 0.1) is 11.4 Å². The number of hydrogen-bond donors (Lipinski definition) is 0. The Bertz CT molecular complexity index is 3630. The molecule has 0 radical (unpaired) electrons. The number of rotatable bonds is 6. The molecule has 4 nitrogen and oxygen atoms in total. The average molecular weight is 847 g/mol. The molecule has 11 aromatic rings. The van der Waals surface area contributed by atoms with E-state index in [4.69, 9.17) is 9.47 Å². The van der Waals surface area contributed by atoms with E-state index in [1.54, 1.807) is 0 Å². The van der Waals surface area contributed by atoms with Crippen LogP contribution in [0.5, 0.6) is 23.0 Å². The van der Waals surface area contributed by atoms with Crippen LogP contribution in [0.25, 0.3) is 51.5 Å². The van der Waals surface area contributed by atoms with Gasteiger partial charge in [0.25, 0.3) is 0 Å². The number of benzene rings is 9. The van der Waals surface area contributed by atoms with Gasteiger partial charge in [0.1, 0.15) is 0 Å². The Kier molecular flexibility index (Phi) is 7.96. The van der Waals surface area contributed by atoms with Crippen molar-refractivity contribution < 1.29 is 9.47 Å². The van der Waals surface area contributed by atoms with Gasteiger partial charge in [-0.1, -0.05) is 111 Å². The topological polar surface area (TPSA) is 24.9 Å². The third-order valence-corrected chi connectivity index (χ3v) is 15.2. The highest BCUT2D eigenvalue weighted by Crippen LogP contribution is 2.58. The Morgan fingerprint density at radius 3 is 1.35 bits per heavy atom. The minimum absolute atomic E-state index is 0.181. The van der Waals surface area contributed by atoms with Crippen molar-refractivity contribution in [1.29, 1.82) is 0 Å². The maximum absolute atomic E-state index is 7.05. The first-order valence-electron chi connectivity index (χ1n) is 21.3. The first-order chi connectivity index (χ1) is 31.0. The number of nitrogens with zero attached hydrogens (tertiary/aromatic N) is 2. The van der Waals surface area contributed by atoms with Crippen LogP contribution in [0, 0.1) is 0 Å². The first-order valence-corrected chi connectivity index (χ1v) is 22.9. The molecular weight excluding hydrogens is 809 g/mol. The molecule has 300 valence electrons. The Hall–Kier alpha value is -7.38. The number of fused-ring (bicyclic) bond motifs is 11. The highest BCUT2D eigenvalue weighted by Gasteiger charge is 2.38. The van der Waals surface area contributed by atoms with Gasteiger partial charge in [-0.3, -0.25) is 0 Å². The van der Waals surface area contributed by atoms with Gasteiger partial charge in [-0.05, 0) is 107 Å². The Morgan fingerprint density at radius 1 is 0.349 bits per heavy atom. The summed E-state index contributed by atoms with van der Waals surface area (Å²) in [4.78, 5) is 4.74. The molecule has 0 bridgehead atoms. The van der Waals surface area contributed by atoms with E-state index >= 15 is 0 Å². The number of anilines is 6. The van der Waals surface area contributed by atoms with Gasteiger partial charge in [-0.2, -0.15) is 0 Å². The third-order valence-electron chi connectivity index (χ3n) is 12.9. The summed E-state index contributed by atoms with van der Waals surface area (Å²) in [6.07, 6.45) is 0. The summed E-state index contributed by atoms with van der Waals surface area (Å²) in [7, 11) is 0. The molecule has 1 aliphatic carbocycles. The molecule has 9 aromatic carbocycles. The van der Waals surface area contributed by atoms with Crippen LogP contribution >= 0.6 is 22.7 Å². The van der Waals surface area contributed by atoms with Gasteiger partial charge in [0.15, 0.2) is 23.0 Å². The van der Waals surface area contributed by atoms with Crippen LogP contribution in [0.2, 0.25) is 0 Å². The fourth-order valence-electron chi connectivity index (χ4n) is 9.88. The van der Waals surface area contributed by atoms with Gasteiger partial charge in [-0.25, -0.2) is 0 Å². The van der Waals surface area contributed by atoms with Gasteiger partial charge in [-0.15, -0.1) is 22.7 Å². The summed E-state index contributed by atoms with van der Waals surface area (Å²) in [5.74, 6) is 2.74. The van der Waals surface area contributed by atoms with Gasteiger partial charge >= 0.3 is 0 Å². The second-order valence-electron chi connectivity index (χ2n) is 16.9. The molecule has 3 heterocycles. The number of ether oxygens (including phenoxy) is 2. The monoisotopic (exact) mass is 846 g/mol.